The van der Waals surface area contributed by atoms with Crippen molar-refractivity contribution in [3.05, 3.63) is 89.6 Å². The summed E-state index contributed by atoms with van der Waals surface area (Å²) in [5, 5.41) is 0. The van der Waals surface area contributed by atoms with E-state index in [0.29, 0.717) is 0 Å². The molecule has 3 heteroatoms. The third-order valence-corrected chi connectivity index (χ3v) is 4.68. The van der Waals surface area contributed by atoms with E-state index < -0.39 is 0 Å². The van der Waals surface area contributed by atoms with Crippen LogP contribution < -0.4 is 10.6 Å². The Morgan fingerprint density at radius 3 is 2.46 bits per heavy atom. The minimum atomic E-state index is -0.138. The molecule has 0 fully saturated rings. The molecule has 120 valence electrons. The van der Waals surface area contributed by atoms with Crippen LogP contribution in [-0.4, -0.2) is 11.5 Å². The van der Waals surface area contributed by atoms with Crippen LogP contribution in [0.4, 0.5) is 11.5 Å². The molecule has 1 atom stereocenters. The lowest BCUT2D eigenvalue weighted by Crippen LogP contribution is -2.25. The number of anilines is 2. The minimum Gasteiger partial charge on any atom is -0.326 e. The summed E-state index contributed by atoms with van der Waals surface area (Å²) >= 11 is 0. The first-order valence-electron chi connectivity index (χ1n) is 8.45. The number of fused-ring (bicyclic) bond motifs is 1. The molecule has 1 aliphatic rings. The second kappa shape index (κ2) is 6.46. The Morgan fingerprint density at radius 2 is 1.67 bits per heavy atom. The van der Waals surface area contributed by atoms with Gasteiger partial charge in [0, 0.05) is 18.4 Å². The highest BCUT2D eigenvalue weighted by Gasteiger charge is 2.19. The van der Waals surface area contributed by atoms with Crippen molar-refractivity contribution >= 4 is 11.5 Å². The maximum atomic E-state index is 6.37. The maximum Gasteiger partial charge on any atom is 0.132 e. The quantitative estimate of drug-likeness (QED) is 0.787. The Hall–Kier alpha value is -2.65. The summed E-state index contributed by atoms with van der Waals surface area (Å²) in [5.74, 6) is 0.992. The first-order chi connectivity index (χ1) is 11.8. The first-order valence-corrected chi connectivity index (χ1v) is 8.45. The van der Waals surface area contributed by atoms with Gasteiger partial charge >= 0.3 is 0 Å². The number of hydrogen-bond acceptors (Lipinski definition) is 3. The van der Waals surface area contributed by atoms with Gasteiger partial charge in [-0.1, -0.05) is 54.6 Å². The fraction of sp³-hybridized carbons (Fsp3) is 0.190. The summed E-state index contributed by atoms with van der Waals surface area (Å²) in [6, 6.07) is 22.8. The van der Waals surface area contributed by atoms with Crippen LogP contribution in [0, 0.1) is 0 Å². The second-order valence-corrected chi connectivity index (χ2v) is 6.22. The standard InChI is InChI=1S/C21H21N3/c22-21(17-8-2-1-3-9-17)18-12-13-20(23-15-18)24-14-6-10-16-7-4-5-11-19(16)24/h1-5,7-9,11-13,15,21H,6,10,14,22H2/t21-/m1/s1. The SMILES string of the molecule is N[C@H](c1ccccc1)c1ccc(N2CCCc3ccccc32)nc1. The van der Waals surface area contributed by atoms with Crippen LogP contribution in [0.1, 0.15) is 29.2 Å². The second-order valence-electron chi connectivity index (χ2n) is 6.22. The zero-order valence-corrected chi connectivity index (χ0v) is 13.6. The molecule has 0 unspecified atom stereocenters. The average molecular weight is 315 g/mol. The Labute approximate surface area is 142 Å². The van der Waals surface area contributed by atoms with Crippen molar-refractivity contribution in [2.24, 2.45) is 5.73 Å². The molecule has 1 aliphatic heterocycles. The van der Waals surface area contributed by atoms with E-state index in [-0.39, 0.29) is 6.04 Å². The van der Waals surface area contributed by atoms with Crippen molar-refractivity contribution in [2.45, 2.75) is 18.9 Å². The van der Waals surface area contributed by atoms with Crippen LogP contribution >= 0.6 is 0 Å². The van der Waals surface area contributed by atoms with Gasteiger partial charge in [-0.3, -0.25) is 0 Å². The van der Waals surface area contributed by atoms with Gasteiger partial charge in [0.25, 0.3) is 0 Å². The van der Waals surface area contributed by atoms with Crippen LogP contribution in [0.15, 0.2) is 72.9 Å². The lowest BCUT2D eigenvalue weighted by Gasteiger charge is -2.30. The molecule has 1 aromatic heterocycles. The third kappa shape index (κ3) is 2.79. The van der Waals surface area contributed by atoms with Gasteiger partial charge in [0.05, 0.1) is 6.04 Å². The van der Waals surface area contributed by atoms with Gasteiger partial charge in [0.1, 0.15) is 5.82 Å². The zero-order chi connectivity index (χ0) is 16.4. The summed E-state index contributed by atoms with van der Waals surface area (Å²) in [6.07, 6.45) is 4.21. The van der Waals surface area contributed by atoms with E-state index in [0.717, 1.165) is 36.3 Å². The van der Waals surface area contributed by atoms with Crippen LogP contribution in [0.2, 0.25) is 0 Å². The van der Waals surface area contributed by atoms with Crippen LogP contribution in [0.25, 0.3) is 0 Å². The fourth-order valence-electron chi connectivity index (χ4n) is 3.37. The highest BCUT2D eigenvalue weighted by atomic mass is 15.2. The van der Waals surface area contributed by atoms with Crippen molar-refractivity contribution in [2.75, 3.05) is 11.4 Å². The summed E-state index contributed by atoms with van der Waals surface area (Å²) in [7, 11) is 0. The third-order valence-electron chi connectivity index (χ3n) is 4.68. The van der Waals surface area contributed by atoms with Crippen molar-refractivity contribution in [1.82, 2.24) is 4.98 Å². The molecule has 4 rings (SSSR count). The highest BCUT2D eigenvalue weighted by molar-refractivity contribution is 5.65. The molecule has 2 N–H and O–H groups in total. The lowest BCUT2D eigenvalue weighted by atomic mass is 10.0. The van der Waals surface area contributed by atoms with E-state index in [9.17, 15) is 0 Å². The van der Waals surface area contributed by atoms with Gasteiger partial charge < -0.3 is 10.6 Å². The first kappa shape index (κ1) is 14.9. The predicted molar refractivity (Wildman–Crippen MR) is 98.5 cm³/mol. The minimum absolute atomic E-state index is 0.138. The number of hydrogen-bond donors (Lipinski definition) is 1. The fourth-order valence-corrected chi connectivity index (χ4v) is 3.37. The van der Waals surface area contributed by atoms with E-state index in [1.807, 2.05) is 24.4 Å². The van der Waals surface area contributed by atoms with Crippen LogP contribution in [0.5, 0.6) is 0 Å². The number of pyridine rings is 1. The van der Waals surface area contributed by atoms with Crippen molar-refractivity contribution < 1.29 is 0 Å². The van der Waals surface area contributed by atoms with Gasteiger partial charge in [-0.2, -0.15) is 0 Å². The summed E-state index contributed by atoms with van der Waals surface area (Å²) in [4.78, 5) is 7.00. The summed E-state index contributed by atoms with van der Waals surface area (Å²) in [5.41, 5.74) is 11.2. The Bertz CT molecular complexity index is 812. The molecule has 2 aromatic carbocycles. The molecular formula is C21H21N3. The summed E-state index contributed by atoms with van der Waals surface area (Å²) < 4.78 is 0. The molecule has 3 aromatic rings. The Morgan fingerprint density at radius 1 is 0.875 bits per heavy atom. The van der Waals surface area contributed by atoms with Crippen molar-refractivity contribution in [3.63, 3.8) is 0 Å². The molecule has 0 spiro atoms. The number of aromatic nitrogens is 1. The van der Waals surface area contributed by atoms with Gasteiger partial charge in [0.2, 0.25) is 0 Å². The molecule has 2 heterocycles. The van der Waals surface area contributed by atoms with E-state index in [2.05, 4.69) is 53.4 Å². The molecule has 0 amide bonds. The van der Waals surface area contributed by atoms with Gasteiger partial charge in [-0.15, -0.1) is 0 Å². The summed E-state index contributed by atoms with van der Waals surface area (Å²) in [6.45, 7) is 1.01. The number of rotatable bonds is 3. The van der Waals surface area contributed by atoms with E-state index in [1.165, 1.54) is 11.3 Å². The van der Waals surface area contributed by atoms with Crippen LogP contribution in [0.3, 0.4) is 0 Å². The number of para-hydroxylation sites is 1. The molecule has 0 bridgehead atoms. The largest absolute Gasteiger partial charge is 0.326 e. The number of aryl methyl sites for hydroxylation is 1. The molecular weight excluding hydrogens is 294 g/mol. The monoisotopic (exact) mass is 315 g/mol. The topological polar surface area (TPSA) is 42.1 Å². The number of nitrogens with zero attached hydrogens (tertiary/aromatic N) is 2. The highest BCUT2D eigenvalue weighted by Crippen LogP contribution is 2.32. The molecule has 0 saturated heterocycles. The Balaban J connectivity index is 1.61. The molecule has 24 heavy (non-hydrogen) atoms. The van der Waals surface area contributed by atoms with Gasteiger partial charge in [-0.05, 0) is 41.7 Å². The number of benzene rings is 2. The van der Waals surface area contributed by atoms with E-state index >= 15 is 0 Å². The lowest BCUT2D eigenvalue weighted by molar-refractivity contribution is 0.758. The molecule has 0 saturated carbocycles. The van der Waals surface area contributed by atoms with Crippen molar-refractivity contribution in [3.8, 4) is 0 Å². The van der Waals surface area contributed by atoms with Crippen LogP contribution in [-0.2, 0) is 6.42 Å². The smallest absolute Gasteiger partial charge is 0.132 e. The zero-order valence-electron chi connectivity index (χ0n) is 13.6. The van der Waals surface area contributed by atoms with Gasteiger partial charge in [0.15, 0.2) is 0 Å². The number of nitrogens with two attached hydrogens (primary N) is 1. The van der Waals surface area contributed by atoms with E-state index in [4.69, 9.17) is 10.7 Å². The molecule has 3 nitrogen and oxygen atoms in total. The normalized spacial score (nSPS) is 15.0. The Kier molecular flexibility index (Phi) is 4.01. The molecule has 0 radical (unpaired) electrons. The predicted octanol–water partition coefficient (Wildman–Crippen LogP) is 4.21. The van der Waals surface area contributed by atoms with Crippen molar-refractivity contribution in [1.29, 1.82) is 0 Å². The average Bonchev–Trinajstić information content (AvgIpc) is 2.68. The van der Waals surface area contributed by atoms with Gasteiger partial charge in [-0.25, -0.2) is 4.98 Å². The molecule has 0 aliphatic carbocycles. The maximum absolute atomic E-state index is 6.37. The van der Waals surface area contributed by atoms with E-state index in [1.54, 1.807) is 0 Å².